The molecule has 1 aromatic rings. The third-order valence-corrected chi connectivity index (χ3v) is 3.46. The number of rotatable bonds is 5. The molecule has 1 aliphatic heterocycles. The fraction of sp³-hybridized carbons (Fsp3) is 0.615. The smallest absolute Gasteiger partial charge is 0.311 e. The Hall–Kier alpha value is -1.89. The van der Waals surface area contributed by atoms with E-state index in [0.29, 0.717) is 0 Å². The lowest BCUT2D eigenvalue weighted by atomic mass is 10.1. The molecular weight excluding hydrogens is 258 g/mol. The van der Waals surface area contributed by atoms with Gasteiger partial charge in [0, 0.05) is 18.7 Å². The van der Waals surface area contributed by atoms with Crippen LogP contribution in [0.25, 0.3) is 0 Å². The number of nitrogens with zero attached hydrogens (tertiary/aromatic N) is 3. The number of nitrogens with one attached hydrogen (secondary N) is 1. The molecule has 2 rings (SSSR count). The van der Waals surface area contributed by atoms with Crippen LogP contribution < -0.4 is 11.1 Å². The maximum Gasteiger partial charge on any atom is 0.311 e. The van der Waals surface area contributed by atoms with Crippen molar-refractivity contribution in [2.75, 3.05) is 30.7 Å². The zero-order chi connectivity index (χ0) is 14.5. The monoisotopic (exact) mass is 279 g/mol. The zero-order valence-corrected chi connectivity index (χ0v) is 11.7. The van der Waals surface area contributed by atoms with Crippen LogP contribution in [0.5, 0.6) is 0 Å². The molecule has 7 heteroatoms. The van der Waals surface area contributed by atoms with Crippen molar-refractivity contribution in [2.45, 2.75) is 32.2 Å². The second kappa shape index (κ2) is 6.51. The van der Waals surface area contributed by atoms with Crippen LogP contribution in [0.3, 0.4) is 0 Å². The Labute approximate surface area is 118 Å². The first kappa shape index (κ1) is 14.5. The molecule has 20 heavy (non-hydrogen) atoms. The van der Waals surface area contributed by atoms with Crippen LogP contribution in [0.1, 0.15) is 26.2 Å². The second-order valence-corrected chi connectivity index (χ2v) is 5.27. The highest BCUT2D eigenvalue weighted by Gasteiger charge is 2.19. The van der Waals surface area contributed by atoms with Crippen molar-refractivity contribution in [3.05, 3.63) is 22.2 Å². The van der Waals surface area contributed by atoms with Crippen molar-refractivity contribution in [1.82, 2.24) is 9.88 Å². The van der Waals surface area contributed by atoms with E-state index in [-0.39, 0.29) is 23.4 Å². The summed E-state index contributed by atoms with van der Waals surface area (Å²) >= 11 is 0. The standard InChI is InChI=1S/C13H21N5O2/c1-10(9-17-7-3-2-4-8-17)15-13-11(18(19)20)5-6-12(14)16-13/h5-6,10H,2-4,7-9H2,1H3,(H3,14,15,16). The molecule has 1 aromatic heterocycles. The lowest BCUT2D eigenvalue weighted by molar-refractivity contribution is -0.384. The van der Waals surface area contributed by atoms with Crippen LogP contribution in [-0.4, -0.2) is 40.5 Å². The molecule has 1 fully saturated rings. The van der Waals surface area contributed by atoms with Gasteiger partial charge in [-0.1, -0.05) is 6.42 Å². The number of hydrogen-bond acceptors (Lipinski definition) is 6. The molecule has 0 aliphatic carbocycles. The Balaban J connectivity index is 2.00. The van der Waals surface area contributed by atoms with E-state index in [2.05, 4.69) is 15.2 Å². The molecule has 0 spiro atoms. The molecule has 0 saturated carbocycles. The van der Waals surface area contributed by atoms with Crippen molar-refractivity contribution in [3.63, 3.8) is 0 Å². The number of aromatic nitrogens is 1. The summed E-state index contributed by atoms with van der Waals surface area (Å²) in [6.45, 7) is 5.05. The minimum absolute atomic E-state index is 0.0373. The van der Waals surface area contributed by atoms with Crippen LogP contribution in [-0.2, 0) is 0 Å². The third kappa shape index (κ3) is 3.80. The van der Waals surface area contributed by atoms with Crippen molar-refractivity contribution >= 4 is 17.3 Å². The van der Waals surface area contributed by atoms with Crippen molar-refractivity contribution in [2.24, 2.45) is 0 Å². The quantitative estimate of drug-likeness (QED) is 0.630. The SMILES string of the molecule is CC(CN1CCCCC1)Nc1nc(N)ccc1[N+](=O)[O-]. The zero-order valence-electron chi connectivity index (χ0n) is 11.7. The summed E-state index contributed by atoms with van der Waals surface area (Å²) in [7, 11) is 0. The maximum absolute atomic E-state index is 11.0. The van der Waals surface area contributed by atoms with E-state index in [1.807, 2.05) is 6.92 Å². The Morgan fingerprint density at radius 3 is 2.80 bits per heavy atom. The number of nitro groups is 1. The van der Waals surface area contributed by atoms with Gasteiger partial charge in [0.05, 0.1) is 4.92 Å². The minimum atomic E-state index is -0.442. The lowest BCUT2D eigenvalue weighted by Crippen LogP contribution is -2.38. The van der Waals surface area contributed by atoms with Gasteiger partial charge in [0.1, 0.15) is 5.82 Å². The highest BCUT2D eigenvalue weighted by molar-refractivity contribution is 5.59. The Kier molecular flexibility index (Phi) is 4.73. The molecule has 1 aliphatic rings. The molecule has 1 atom stereocenters. The van der Waals surface area contributed by atoms with E-state index in [9.17, 15) is 10.1 Å². The molecule has 3 N–H and O–H groups in total. The van der Waals surface area contributed by atoms with Gasteiger partial charge in [-0.05, 0) is 38.9 Å². The molecule has 0 aromatic carbocycles. The van der Waals surface area contributed by atoms with E-state index in [1.54, 1.807) is 0 Å². The molecule has 7 nitrogen and oxygen atoms in total. The van der Waals surface area contributed by atoms with Crippen molar-refractivity contribution in [1.29, 1.82) is 0 Å². The van der Waals surface area contributed by atoms with Crippen LogP contribution >= 0.6 is 0 Å². The molecule has 0 bridgehead atoms. The highest BCUT2D eigenvalue weighted by Crippen LogP contribution is 2.23. The number of piperidine rings is 1. The molecule has 0 radical (unpaired) electrons. The van der Waals surface area contributed by atoms with Gasteiger partial charge in [-0.15, -0.1) is 0 Å². The average molecular weight is 279 g/mol. The van der Waals surface area contributed by atoms with Gasteiger partial charge in [-0.25, -0.2) is 4.98 Å². The summed E-state index contributed by atoms with van der Waals surface area (Å²) in [5.41, 5.74) is 5.57. The number of pyridine rings is 1. The number of nitrogen functional groups attached to an aromatic ring is 1. The predicted octanol–water partition coefficient (Wildman–Crippen LogP) is 1.86. The molecule has 1 saturated heterocycles. The molecule has 1 unspecified atom stereocenters. The van der Waals surface area contributed by atoms with Crippen LogP contribution in [0.2, 0.25) is 0 Å². The third-order valence-electron chi connectivity index (χ3n) is 3.46. The van der Waals surface area contributed by atoms with Crippen molar-refractivity contribution < 1.29 is 4.92 Å². The van der Waals surface area contributed by atoms with E-state index >= 15 is 0 Å². The van der Waals surface area contributed by atoms with Crippen LogP contribution in [0, 0.1) is 10.1 Å². The Bertz CT molecular complexity index is 474. The number of anilines is 2. The Morgan fingerprint density at radius 1 is 1.45 bits per heavy atom. The maximum atomic E-state index is 11.0. The van der Waals surface area contributed by atoms with Crippen LogP contribution in [0.4, 0.5) is 17.3 Å². The van der Waals surface area contributed by atoms with Gasteiger partial charge in [-0.3, -0.25) is 10.1 Å². The first-order valence-corrected chi connectivity index (χ1v) is 6.96. The topological polar surface area (TPSA) is 97.3 Å². The van der Waals surface area contributed by atoms with Crippen molar-refractivity contribution in [3.8, 4) is 0 Å². The summed E-state index contributed by atoms with van der Waals surface area (Å²) in [5, 5.41) is 14.1. The fourth-order valence-corrected chi connectivity index (χ4v) is 2.53. The lowest BCUT2D eigenvalue weighted by Gasteiger charge is -2.29. The Morgan fingerprint density at radius 2 is 2.15 bits per heavy atom. The predicted molar refractivity (Wildman–Crippen MR) is 78.7 cm³/mol. The summed E-state index contributed by atoms with van der Waals surface area (Å²) < 4.78 is 0. The molecule has 110 valence electrons. The van der Waals surface area contributed by atoms with Gasteiger partial charge in [0.15, 0.2) is 0 Å². The highest BCUT2D eigenvalue weighted by atomic mass is 16.6. The van der Waals surface area contributed by atoms with Crippen LogP contribution in [0.15, 0.2) is 12.1 Å². The first-order valence-electron chi connectivity index (χ1n) is 6.96. The van der Waals surface area contributed by atoms with E-state index in [4.69, 9.17) is 5.73 Å². The average Bonchev–Trinajstić information content (AvgIpc) is 2.39. The largest absolute Gasteiger partial charge is 0.384 e. The summed E-state index contributed by atoms with van der Waals surface area (Å²) in [6, 6.07) is 2.91. The summed E-state index contributed by atoms with van der Waals surface area (Å²) in [4.78, 5) is 16.9. The summed E-state index contributed by atoms with van der Waals surface area (Å²) in [6.07, 6.45) is 3.74. The van der Waals surface area contributed by atoms with Gasteiger partial charge < -0.3 is 16.0 Å². The number of hydrogen-bond donors (Lipinski definition) is 2. The first-order chi connectivity index (χ1) is 9.56. The van der Waals surface area contributed by atoms with Gasteiger partial charge in [0.2, 0.25) is 5.82 Å². The fourth-order valence-electron chi connectivity index (χ4n) is 2.53. The molecule has 0 amide bonds. The van der Waals surface area contributed by atoms with Gasteiger partial charge in [0.25, 0.3) is 0 Å². The number of nitrogens with two attached hydrogens (primary N) is 1. The van der Waals surface area contributed by atoms with E-state index in [1.165, 1.54) is 31.4 Å². The normalized spacial score (nSPS) is 17.6. The summed E-state index contributed by atoms with van der Waals surface area (Å²) in [5.74, 6) is 0.530. The number of likely N-dealkylation sites (tertiary alicyclic amines) is 1. The molecular formula is C13H21N5O2. The van der Waals surface area contributed by atoms with E-state index in [0.717, 1.165) is 19.6 Å². The second-order valence-electron chi connectivity index (χ2n) is 5.27. The molecule has 2 heterocycles. The van der Waals surface area contributed by atoms with Gasteiger partial charge >= 0.3 is 5.69 Å². The minimum Gasteiger partial charge on any atom is -0.384 e. The van der Waals surface area contributed by atoms with E-state index < -0.39 is 4.92 Å². The van der Waals surface area contributed by atoms with Gasteiger partial charge in [-0.2, -0.15) is 0 Å².